The zero-order valence-corrected chi connectivity index (χ0v) is 12.0. The van der Waals surface area contributed by atoms with Crippen molar-refractivity contribution in [1.29, 1.82) is 0 Å². The van der Waals surface area contributed by atoms with Crippen molar-refractivity contribution in [3.63, 3.8) is 0 Å². The van der Waals surface area contributed by atoms with Gasteiger partial charge in [-0.15, -0.1) is 0 Å². The molecule has 2 heterocycles. The van der Waals surface area contributed by atoms with Crippen molar-refractivity contribution < 1.29 is 9.53 Å². The van der Waals surface area contributed by atoms with E-state index in [-0.39, 0.29) is 6.09 Å². The number of nitrogens with two attached hydrogens (primary N) is 1. The molecule has 18 heavy (non-hydrogen) atoms. The van der Waals surface area contributed by atoms with E-state index in [0.29, 0.717) is 23.9 Å². The van der Waals surface area contributed by atoms with Crippen LogP contribution in [-0.2, 0) is 4.74 Å². The quantitative estimate of drug-likeness (QED) is 0.781. The number of fused-ring (bicyclic) bond motifs is 2. The van der Waals surface area contributed by atoms with Crippen LogP contribution in [0.5, 0.6) is 0 Å². The molecule has 104 valence electrons. The van der Waals surface area contributed by atoms with E-state index >= 15 is 0 Å². The first kappa shape index (κ1) is 13.7. The van der Waals surface area contributed by atoms with Gasteiger partial charge in [0.05, 0.1) is 0 Å². The highest BCUT2D eigenvalue weighted by Gasteiger charge is 2.48. The SMILES string of the molecule is CC1C(CN)CC2CCC1N2C(=O)OC(C)(C)C. The van der Waals surface area contributed by atoms with Crippen molar-refractivity contribution in [2.75, 3.05) is 6.54 Å². The van der Waals surface area contributed by atoms with Crippen LogP contribution in [-0.4, -0.2) is 35.2 Å². The van der Waals surface area contributed by atoms with Crippen LogP contribution in [0.4, 0.5) is 4.79 Å². The van der Waals surface area contributed by atoms with E-state index in [0.717, 1.165) is 25.8 Å². The Kier molecular flexibility index (Phi) is 3.58. The molecule has 0 spiro atoms. The number of ether oxygens (including phenoxy) is 1. The van der Waals surface area contributed by atoms with E-state index in [4.69, 9.17) is 10.5 Å². The Bertz CT molecular complexity index is 324. The van der Waals surface area contributed by atoms with Crippen LogP contribution in [0.1, 0.15) is 47.0 Å². The number of hydrogen-bond donors (Lipinski definition) is 1. The topological polar surface area (TPSA) is 55.6 Å². The second-order valence-electron chi connectivity index (χ2n) is 6.78. The Morgan fingerprint density at radius 3 is 2.61 bits per heavy atom. The van der Waals surface area contributed by atoms with Crippen molar-refractivity contribution in [1.82, 2.24) is 4.90 Å². The van der Waals surface area contributed by atoms with Crippen LogP contribution < -0.4 is 5.73 Å². The molecule has 0 aromatic heterocycles. The molecule has 0 aliphatic carbocycles. The minimum absolute atomic E-state index is 0.141. The monoisotopic (exact) mass is 254 g/mol. The lowest BCUT2D eigenvalue weighted by molar-refractivity contribution is -0.00918. The first-order valence-corrected chi connectivity index (χ1v) is 7.05. The Morgan fingerprint density at radius 2 is 2.06 bits per heavy atom. The third-order valence-corrected chi connectivity index (χ3v) is 4.38. The summed E-state index contributed by atoms with van der Waals surface area (Å²) in [7, 11) is 0. The van der Waals surface area contributed by atoms with E-state index in [1.807, 2.05) is 25.7 Å². The smallest absolute Gasteiger partial charge is 0.410 e. The summed E-state index contributed by atoms with van der Waals surface area (Å²) in [5.41, 5.74) is 5.42. The molecule has 2 aliphatic rings. The fraction of sp³-hybridized carbons (Fsp3) is 0.929. The maximum Gasteiger partial charge on any atom is 0.410 e. The van der Waals surface area contributed by atoms with Gasteiger partial charge in [0.25, 0.3) is 0 Å². The number of hydrogen-bond acceptors (Lipinski definition) is 3. The van der Waals surface area contributed by atoms with Crippen molar-refractivity contribution in [2.45, 2.75) is 64.6 Å². The number of carbonyl (C=O) groups excluding carboxylic acids is 1. The number of piperidine rings is 1. The van der Waals surface area contributed by atoms with Gasteiger partial charge in [0.2, 0.25) is 0 Å². The molecule has 4 nitrogen and oxygen atoms in total. The highest BCUT2D eigenvalue weighted by Crippen LogP contribution is 2.42. The summed E-state index contributed by atoms with van der Waals surface area (Å²) in [6.07, 6.45) is 3.09. The van der Waals surface area contributed by atoms with Gasteiger partial charge in [-0.05, 0) is 58.4 Å². The fourth-order valence-corrected chi connectivity index (χ4v) is 3.45. The standard InChI is InChI=1S/C14H26N2O2/c1-9-10(8-15)7-11-5-6-12(9)16(11)13(17)18-14(2,3)4/h9-12H,5-8,15H2,1-4H3. The molecule has 2 rings (SSSR count). The second-order valence-corrected chi connectivity index (χ2v) is 6.78. The van der Waals surface area contributed by atoms with E-state index in [1.165, 1.54) is 0 Å². The molecule has 4 unspecified atom stereocenters. The first-order chi connectivity index (χ1) is 8.33. The molecule has 0 saturated carbocycles. The van der Waals surface area contributed by atoms with Crippen LogP contribution >= 0.6 is 0 Å². The minimum Gasteiger partial charge on any atom is -0.444 e. The van der Waals surface area contributed by atoms with Crippen LogP contribution in [0.15, 0.2) is 0 Å². The normalized spacial score (nSPS) is 35.7. The fourth-order valence-electron chi connectivity index (χ4n) is 3.45. The summed E-state index contributed by atoms with van der Waals surface area (Å²) < 4.78 is 5.53. The largest absolute Gasteiger partial charge is 0.444 e. The van der Waals surface area contributed by atoms with Crippen LogP contribution in [0.3, 0.4) is 0 Å². The van der Waals surface area contributed by atoms with Gasteiger partial charge in [0.1, 0.15) is 5.60 Å². The lowest BCUT2D eigenvalue weighted by Crippen LogP contribution is -2.53. The zero-order valence-electron chi connectivity index (χ0n) is 12.0. The molecule has 2 bridgehead atoms. The predicted octanol–water partition coefficient (Wildman–Crippen LogP) is 2.37. The van der Waals surface area contributed by atoms with Gasteiger partial charge in [-0.25, -0.2) is 4.79 Å². The molecule has 4 atom stereocenters. The average Bonchev–Trinajstić information content (AvgIpc) is 2.59. The molecule has 4 heteroatoms. The van der Waals surface area contributed by atoms with Gasteiger partial charge in [-0.2, -0.15) is 0 Å². The summed E-state index contributed by atoms with van der Waals surface area (Å²) >= 11 is 0. The number of amides is 1. The van der Waals surface area contributed by atoms with Crippen molar-refractivity contribution in [3.8, 4) is 0 Å². The van der Waals surface area contributed by atoms with Gasteiger partial charge in [0, 0.05) is 12.1 Å². The van der Waals surface area contributed by atoms with E-state index in [9.17, 15) is 4.79 Å². The Morgan fingerprint density at radius 1 is 1.39 bits per heavy atom. The van der Waals surface area contributed by atoms with Crippen LogP contribution in [0.2, 0.25) is 0 Å². The lowest BCUT2D eigenvalue weighted by Gasteiger charge is -2.43. The molecule has 0 aromatic rings. The van der Waals surface area contributed by atoms with Gasteiger partial charge in [0.15, 0.2) is 0 Å². The third-order valence-electron chi connectivity index (χ3n) is 4.38. The molecular weight excluding hydrogens is 228 g/mol. The maximum atomic E-state index is 12.3. The van der Waals surface area contributed by atoms with E-state index in [2.05, 4.69) is 6.92 Å². The third kappa shape index (κ3) is 2.48. The number of nitrogens with zero attached hydrogens (tertiary/aromatic N) is 1. The number of carbonyl (C=O) groups is 1. The van der Waals surface area contributed by atoms with Crippen molar-refractivity contribution >= 4 is 6.09 Å². The molecular formula is C14H26N2O2. The van der Waals surface area contributed by atoms with Crippen LogP contribution in [0.25, 0.3) is 0 Å². The second kappa shape index (κ2) is 4.72. The minimum atomic E-state index is -0.412. The summed E-state index contributed by atoms with van der Waals surface area (Å²) in [5, 5.41) is 0. The molecule has 0 radical (unpaired) electrons. The summed E-state index contributed by atoms with van der Waals surface area (Å²) in [5.74, 6) is 1.04. The summed E-state index contributed by atoms with van der Waals surface area (Å²) in [4.78, 5) is 14.3. The molecule has 2 fully saturated rings. The summed E-state index contributed by atoms with van der Waals surface area (Å²) in [6, 6.07) is 0.668. The predicted molar refractivity (Wildman–Crippen MR) is 71.2 cm³/mol. The molecule has 2 saturated heterocycles. The first-order valence-electron chi connectivity index (χ1n) is 7.05. The Labute approximate surface area is 110 Å². The number of rotatable bonds is 1. The average molecular weight is 254 g/mol. The maximum absolute atomic E-state index is 12.3. The molecule has 2 N–H and O–H groups in total. The van der Waals surface area contributed by atoms with Gasteiger partial charge >= 0.3 is 6.09 Å². The van der Waals surface area contributed by atoms with E-state index in [1.54, 1.807) is 0 Å². The van der Waals surface area contributed by atoms with Gasteiger partial charge < -0.3 is 15.4 Å². The molecule has 1 amide bonds. The van der Waals surface area contributed by atoms with Gasteiger partial charge in [-0.1, -0.05) is 6.92 Å². The van der Waals surface area contributed by atoms with Crippen molar-refractivity contribution in [3.05, 3.63) is 0 Å². The highest BCUT2D eigenvalue weighted by atomic mass is 16.6. The Balaban J connectivity index is 2.09. The highest BCUT2D eigenvalue weighted by molar-refractivity contribution is 5.69. The Hall–Kier alpha value is -0.770. The van der Waals surface area contributed by atoms with Gasteiger partial charge in [-0.3, -0.25) is 0 Å². The summed E-state index contributed by atoms with van der Waals surface area (Å²) in [6.45, 7) is 8.71. The zero-order chi connectivity index (χ0) is 13.5. The van der Waals surface area contributed by atoms with Crippen molar-refractivity contribution in [2.24, 2.45) is 17.6 Å². The van der Waals surface area contributed by atoms with E-state index < -0.39 is 5.60 Å². The molecule has 2 aliphatic heterocycles. The lowest BCUT2D eigenvalue weighted by atomic mass is 9.81. The van der Waals surface area contributed by atoms with Crippen LogP contribution in [0, 0.1) is 11.8 Å². The molecule has 0 aromatic carbocycles.